The van der Waals surface area contributed by atoms with E-state index in [0.717, 1.165) is 93.4 Å². The summed E-state index contributed by atoms with van der Waals surface area (Å²) in [7, 11) is 0. The summed E-state index contributed by atoms with van der Waals surface area (Å²) >= 11 is 1.65. The summed E-state index contributed by atoms with van der Waals surface area (Å²) in [6.45, 7) is 9.35. The molecule has 2 saturated heterocycles. The molecule has 3 fully saturated rings. The number of β-amino-alcohol motifs (C(OH)–C–C–N with tert-alkyl or cyclic N) is 1. The molecule has 0 bridgehead atoms. The zero-order valence-corrected chi connectivity index (χ0v) is 30.6. The number of aliphatic hydroxyl groups excluding tert-OH is 1. The second-order valence-electron chi connectivity index (χ2n) is 15.5. The number of carbonyl (C=O) groups excluding carboxylic acids is 1. The number of carbonyl (C=O) groups is 2. The van der Waals surface area contributed by atoms with E-state index in [0.29, 0.717) is 55.3 Å². The maximum atomic E-state index is 13.0. The van der Waals surface area contributed by atoms with Crippen molar-refractivity contribution in [3.05, 3.63) is 81.4 Å². The Labute approximate surface area is 311 Å². The molecule has 12 heteroatoms. The fourth-order valence-corrected chi connectivity index (χ4v) is 10.1. The van der Waals surface area contributed by atoms with Crippen LogP contribution in [-0.4, -0.2) is 85.6 Å². The van der Waals surface area contributed by atoms with Crippen LogP contribution in [0.5, 0.6) is 0 Å². The molecule has 11 nitrogen and oxygen atoms in total. The minimum absolute atomic E-state index is 0.0784. The summed E-state index contributed by atoms with van der Waals surface area (Å²) < 4.78 is 6.31. The first-order valence-corrected chi connectivity index (χ1v) is 19.0. The van der Waals surface area contributed by atoms with Crippen molar-refractivity contribution in [1.29, 1.82) is 5.26 Å². The second kappa shape index (κ2) is 12.9. The van der Waals surface area contributed by atoms with E-state index in [-0.39, 0.29) is 23.3 Å². The highest BCUT2D eigenvalue weighted by molar-refractivity contribution is 7.15. The number of aliphatic hydroxyl groups is 1. The Morgan fingerprint density at radius 1 is 1.00 bits per heavy atom. The molecule has 4 aliphatic rings. The van der Waals surface area contributed by atoms with Gasteiger partial charge in [0.05, 0.1) is 42.9 Å². The summed E-state index contributed by atoms with van der Waals surface area (Å²) in [5.41, 5.74) is 9.87. The number of carboxylic acid groups (broad SMARTS) is 1. The van der Waals surface area contributed by atoms with Crippen molar-refractivity contribution in [2.75, 3.05) is 32.7 Å². The van der Waals surface area contributed by atoms with Crippen molar-refractivity contribution >= 4 is 34.3 Å². The van der Waals surface area contributed by atoms with Gasteiger partial charge in [0.15, 0.2) is 5.58 Å². The monoisotopic (exact) mass is 728 g/mol. The number of amides is 1. The van der Waals surface area contributed by atoms with Crippen LogP contribution in [0.3, 0.4) is 0 Å². The van der Waals surface area contributed by atoms with Gasteiger partial charge in [-0.15, -0.1) is 11.3 Å². The van der Waals surface area contributed by atoms with Gasteiger partial charge in [-0.25, -0.2) is 9.97 Å². The maximum absolute atomic E-state index is 13.0. The number of hydrogen-bond acceptors (Lipinski definition) is 10. The summed E-state index contributed by atoms with van der Waals surface area (Å²) in [5.74, 6) is -0.359. The van der Waals surface area contributed by atoms with Gasteiger partial charge in [-0.1, -0.05) is 30.3 Å². The van der Waals surface area contributed by atoms with E-state index in [1.807, 2.05) is 34.1 Å². The third-order valence-corrected chi connectivity index (χ3v) is 12.8. The SMILES string of the molecule is Cc1c(-c2nc3cc(CN4CC5(CC(C(=O)O)C5)C4)cc(C#N)c3o2)cccc1-c1cccc(-c2nc3c(s2)CN(C(=O)CN2CCC(O)C2)C3)c1C. The van der Waals surface area contributed by atoms with E-state index in [1.165, 1.54) is 0 Å². The van der Waals surface area contributed by atoms with E-state index in [4.69, 9.17) is 14.4 Å². The highest BCUT2D eigenvalue weighted by Crippen LogP contribution is 2.52. The fourth-order valence-electron chi connectivity index (χ4n) is 8.97. The molecule has 2 aromatic heterocycles. The van der Waals surface area contributed by atoms with Crippen LogP contribution >= 0.6 is 11.3 Å². The van der Waals surface area contributed by atoms with E-state index < -0.39 is 5.97 Å². The fraction of sp³-hybridized carbons (Fsp3) is 0.390. The van der Waals surface area contributed by atoms with E-state index >= 15 is 0 Å². The first kappa shape index (κ1) is 33.9. The number of rotatable bonds is 8. The lowest BCUT2D eigenvalue weighted by Crippen LogP contribution is -2.62. The Balaban J connectivity index is 0.935. The number of benzene rings is 3. The molecule has 9 rings (SSSR count). The molecule has 5 aromatic rings. The number of nitriles is 1. The van der Waals surface area contributed by atoms with Gasteiger partial charge in [0, 0.05) is 48.7 Å². The molecule has 1 unspecified atom stereocenters. The quantitative estimate of drug-likeness (QED) is 0.196. The van der Waals surface area contributed by atoms with Crippen molar-refractivity contribution in [2.45, 2.75) is 58.8 Å². The number of nitrogens with zero attached hydrogens (tertiary/aromatic N) is 6. The molecule has 53 heavy (non-hydrogen) atoms. The summed E-state index contributed by atoms with van der Waals surface area (Å²) in [6.07, 6.45) is 1.87. The van der Waals surface area contributed by atoms with Gasteiger partial charge >= 0.3 is 5.97 Å². The van der Waals surface area contributed by atoms with Gasteiger partial charge in [0.1, 0.15) is 16.6 Å². The van der Waals surface area contributed by atoms with Gasteiger partial charge < -0.3 is 19.5 Å². The summed E-state index contributed by atoms with van der Waals surface area (Å²) in [5, 5.41) is 30.1. The Morgan fingerprint density at radius 2 is 1.72 bits per heavy atom. The zero-order chi connectivity index (χ0) is 36.6. The van der Waals surface area contributed by atoms with Gasteiger partial charge in [-0.05, 0) is 84.5 Å². The van der Waals surface area contributed by atoms with Crippen LogP contribution in [0.2, 0.25) is 0 Å². The molecular formula is C41H40N6O5S. The lowest BCUT2D eigenvalue weighted by molar-refractivity contribution is -0.161. The molecule has 0 radical (unpaired) electrons. The third-order valence-electron chi connectivity index (χ3n) is 11.7. The van der Waals surface area contributed by atoms with Gasteiger partial charge in [0.25, 0.3) is 0 Å². The molecule has 5 heterocycles. The van der Waals surface area contributed by atoms with E-state index in [9.17, 15) is 25.1 Å². The maximum Gasteiger partial charge on any atom is 0.306 e. The number of likely N-dealkylation sites (tertiary alicyclic amines) is 2. The molecule has 3 aliphatic heterocycles. The number of aliphatic carboxylic acids is 1. The molecule has 1 spiro atoms. The smallest absolute Gasteiger partial charge is 0.306 e. The van der Waals surface area contributed by atoms with Crippen LogP contribution in [0.1, 0.15) is 52.1 Å². The highest BCUT2D eigenvalue weighted by atomic mass is 32.1. The molecule has 1 atom stereocenters. The van der Waals surface area contributed by atoms with Crippen LogP contribution in [0.15, 0.2) is 52.9 Å². The number of hydrogen-bond donors (Lipinski definition) is 2. The number of fused-ring (bicyclic) bond motifs is 2. The van der Waals surface area contributed by atoms with Gasteiger partial charge in [-0.2, -0.15) is 5.26 Å². The minimum atomic E-state index is -0.692. The van der Waals surface area contributed by atoms with E-state index in [2.05, 4.69) is 49.1 Å². The lowest BCUT2D eigenvalue weighted by atomic mass is 9.57. The number of aromatic nitrogens is 2. The van der Waals surface area contributed by atoms with Crippen LogP contribution in [-0.2, 0) is 29.2 Å². The van der Waals surface area contributed by atoms with Crippen LogP contribution in [0.25, 0.3) is 44.3 Å². The zero-order valence-electron chi connectivity index (χ0n) is 29.8. The minimum Gasteiger partial charge on any atom is -0.481 e. The third kappa shape index (κ3) is 6.02. The molecule has 270 valence electrons. The molecule has 1 saturated carbocycles. The number of thiazole rings is 1. The Bertz CT molecular complexity index is 2320. The molecule has 2 N–H and O–H groups in total. The molecule has 1 aliphatic carbocycles. The average molecular weight is 729 g/mol. The summed E-state index contributed by atoms with van der Waals surface area (Å²) in [4.78, 5) is 41.5. The normalized spacial score (nSPS) is 19.7. The predicted molar refractivity (Wildman–Crippen MR) is 200 cm³/mol. The van der Waals surface area contributed by atoms with Crippen molar-refractivity contribution in [2.24, 2.45) is 11.3 Å². The van der Waals surface area contributed by atoms with Crippen LogP contribution < -0.4 is 0 Å². The highest BCUT2D eigenvalue weighted by Gasteiger charge is 2.54. The van der Waals surface area contributed by atoms with E-state index in [1.54, 1.807) is 11.3 Å². The first-order valence-electron chi connectivity index (χ1n) is 18.2. The Kier molecular flexibility index (Phi) is 8.23. The van der Waals surface area contributed by atoms with Crippen LogP contribution in [0.4, 0.5) is 0 Å². The van der Waals surface area contributed by atoms with Gasteiger partial charge in [-0.3, -0.25) is 19.4 Å². The largest absolute Gasteiger partial charge is 0.481 e. The molecule has 1 amide bonds. The van der Waals surface area contributed by atoms with Crippen molar-refractivity contribution in [1.82, 2.24) is 24.7 Å². The molecular weight excluding hydrogens is 689 g/mol. The standard InChI is InChI=1S/C41H40N6O5S/c1-23-29(30-6-4-8-32(24(30)2)39-44-34-18-47(19-35(34)53-39)36(49)20-45-10-9-28(48)17-45)5-3-7-31(23)38-43-33-12-25(11-26(15-42)37(33)52-38)16-46-21-41(22-46)13-27(14-41)40(50)51/h3-8,11-12,27-28,48H,9-10,13-14,16-22H2,1-2H3,(H,50,51). The topological polar surface area (TPSA) is 147 Å². The van der Waals surface area contributed by atoms with Crippen molar-refractivity contribution < 1.29 is 24.2 Å². The summed E-state index contributed by atoms with van der Waals surface area (Å²) in [6, 6.07) is 18.6. The Hall–Kier alpha value is -4.93. The lowest BCUT2D eigenvalue weighted by Gasteiger charge is -2.58. The Morgan fingerprint density at radius 3 is 2.40 bits per heavy atom. The average Bonchev–Trinajstić information content (AvgIpc) is 3.89. The van der Waals surface area contributed by atoms with Gasteiger partial charge in [0.2, 0.25) is 11.8 Å². The van der Waals surface area contributed by atoms with Crippen molar-refractivity contribution in [3.8, 4) is 39.2 Å². The second-order valence-corrected chi connectivity index (χ2v) is 16.6. The van der Waals surface area contributed by atoms with Crippen molar-refractivity contribution in [3.63, 3.8) is 0 Å². The predicted octanol–water partition coefficient (Wildman–Crippen LogP) is 5.98. The first-order chi connectivity index (χ1) is 25.6. The number of oxazole rings is 1. The molecule has 3 aromatic carbocycles. The van der Waals surface area contributed by atoms with Crippen LogP contribution in [0, 0.1) is 36.5 Å². The number of carboxylic acids is 1.